The van der Waals surface area contributed by atoms with E-state index in [9.17, 15) is 4.79 Å². The Bertz CT molecular complexity index is 129. The van der Waals surface area contributed by atoms with E-state index in [4.69, 9.17) is 0 Å². The Kier molecular flexibility index (Phi) is 2.44. The maximum atomic E-state index is 11.0. The maximum Gasteiger partial charge on any atom is 0.149 e. The summed E-state index contributed by atoms with van der Waals surface area (Å²) in [5.41, 5.74) is 0. The minimum absolute atomic E-state index is 0.0810. The molecule has 1 unspecified atom stereocenters. The first-order valence-corrected chi connectivity index (χ1v) is 4.02. The van der Waals surface area contributed by atoms with Crippen molar-refractivity contribution in [3.05, 3.63) is 0 Å². The van der Waals surface area contributed by atoms with Crippen molar-refractivity contribution in [2.45, 2.75) is 45.2 Å². The first kappa shape index (κ1) is 7.73. The molecule has 0 aliphatic heterocycles. The lowest BCUT2D eigenvalue weighted by Crippen LogP contribution is -2.34. The molecule has 0 radical (unpaired) electrons. The van der Waals surface area contributed by atoms with Gasteiger partial charge in [0, 0.05) is 12.5 Å². The van der Waals surface area contributed by atoms with Crippen LogP contribution in [0.25, 0.3) is 0 Å². The van der Waals surface area contributed by atoms with Crippen molar-refractivity contribution < 1.29 is 4.79 Å². The number of nitrogens with one attached hydrogen (secondary N) is 1. The molecule has 0 heterocycles. The van der Waals surface area contributed by atoms with Crippen LogP contribution in [0.5, 0.6) is 0 Å². The Morgan fingerprint density at radius 1 is 1.70 bits per heavy atom. The van der Waals surface area contributed by atoms with Gasteiger partial charge >= 0.3 is 0 Å². The predicted octanol–water partition coefficient (Wildman–Crippen LogP) is 1.11. The summed E-state index contributed by atoms with van der Waals surface area (Å²) in [6.45, 7) is 3.86. The van der Waals surface area contributed by atoms with Crippen LogP contribution in [0.2, 0.25) is 0 Å². The molecule has 0 aromatic carbocycles. The third-order valence-electron chi connectivity index (χ3n) is 1.89. The fraction of sp³-hybridized carbons (Fsp3) is 0.875. The van der Waals surface area contributed by atoms with Crippen LogP contribution < -0.4 is 5.32 Å². The van der Waals surface area contributed by atoms with Crippen molar-refractivity contribution in [1.82, 2.24) is 5.32 Å². The molecule has 10 heavy (non-hydrogen) atoms. The first-order chi connectivity index (χ1) is 4.74. The summed E-state index contributed by atoms with van der Waals surface area (Å²) < 4.78 is 0. The molecule has 0 aromatic rings. The van der Waals surface area contributed by atoms with Crippen molar-refractivity contribution in [2.75, 3.05) is 0 Å². The van der Waals surface area contributed by atoms with E-state index in [0.717, 1.165) is 0 Å². The fourth-order valence-corrected chi connectivity index (χ4v) is 1.00. The normalized spacial score (nSPS) is 20.6. The highest BCUT2D eigenvalue weighted by molar-refractivity contribution is 5.83. The van der Waals surface area contributed by atoms with Crippen molar-refractivity contribution in [1.29, 1.82) is 0 Å². The number of ketones is 1. The minimum Gasteiger partial charge on any atom is -0.305 e. The van der Waals surface area contributed by atoms with Crippen LogP contribution in [0.15, 0.2) is 0 Å². The standard InChI is InChI=1S/C8H15NO/c1-3-8(10)6(2)9-7-4-5-7/h6-7,9H,3-5H2,1-2H3. The second-order valence-corrected chi connectivity index (χ2v) is 2.98. The van der Waals surface area contributed by atoms with Gasteiger partial charge in [-0.3, -0.25) is 4.79 Å². The molecule has 2 nitrogen and oxygen atoms in total. The molecule has 1 rings (SSSR count). The van der Waals surface area contributed by atoms with Crippen molar-refractivity contribution >= 4 is 5.78 Å². The Morgan fingerprint density at radius 2 is 2.30 bits per heavy atom. The monoisotopic (exact) mass is 141 g/mol. The molecule has 0 saturated heterocycles. The van der Waals surface area contributed by atoms with E-state index >= 15 is 0 Å². The van der Waals surface area contributed by atoms with Crippen LogP contribution in [-0.2, 0) is 4.79 Å². The van der Waals surface area contributed by atoms with Gasteiger partial charge in [-0.25, -0.2) is 0 Å². The minimum atomic E-state index is 0.0810. The van der Waals surface area contributed by atoms with Crippen LogP contribution in [0.3, 0.4) is 0 Å². The molecule has 1 atom stereocenters. The van der Waals surface area contributed by atoms with Crippen LogP contribution in [0.1, 0.15) is 33.1 Å². The summed E-state index contributed by atoms with van der Waals surface area (Å²) in [4.78, 5) is 11.0. The lowest BCUT2D eigenvalue weighted by atomic mass is 10.2. The highest BCUT2D eigenvalue weighted by atomic mass is 16.1. The first-order valence-electron chi connectivity index (χ1n) is 4.02. The van der Waals surface area contributed by atoms with Gasteiger partial charge in [0.1, 0.15) is 5.78 Å². The average Bonchev–Trinajstić information content (AvgIpc) is 2.70. The Morgan fingerprint density at radius 3 is 2.70 bits per heavy atom. The van der Waals surface area contributed by atoms with Gasteiger partial charge < -0.3 is 5.32 Å². The molecule has 1 N–H and O–H groups in total. The van der Waals surface area contributed by atoms with Gasteiger partial charge in [-0.1, -0.05) is 6.92 Å². The third-order valence-corrected chi connectivity index (χ3v) is 1.89. The van der Waals surface area contributed by atoms with Gasteiger partial charge in [-0.2, -0.15) is 0 Å². The quantitative estimate of drug-likeness (QED) is 0.635. The van der Waals surface area contributed by atoms with Gasteiger partial charge in [-0.15, -0.1) is 0 Å². The number of carbonyl (C=O) groups is 1. The van der Waals surface area contributed by atoms with Crippen molar-refractivity contribution in [3.63, 3.8) is 0 Å². The molecular formula is C8H15NO. The molecule has 2 heteroatoms. The Balaban J connectivity index is 2.18. The number of Topliss-reactive ketones (excluding diaryl/α,β-unsaturated/α-hetero) is 1. The van der Waals surface area contributed by atoms with Gasteiger partial charge in [0.2, 0.25) is 0 Å². The van der Waals surface area contributed by atoms with Gasteiger partial charge in [0.15, 0.2) is 0 Å². The van der Waals surface area contributed by atoms with Gasteiger partial charge in [0.25, 0.3) is 0 Å². The summed E-state index contributed by atoms with van der Waals surface area (Å²) in [6, 6.07) is 0.725. The van der Waals surface area contributed by atoms with Crippen molar-refractivity contribution in [3.8, 4) is 0 Å². The highest BCUT2D eigenvalue weighted by Crippen LogP contribution is 2.19. The molecule has 1 aliphatic rings. The molecule has 0 amide bonds. The topological polar surface area (TPSA) is 29.1 Å². The predicted molar refractivity (Wildman–Crippen MR) is 40.9 cm³/mol. The zero-order valence-corrected chi connectivity index (χ0v) is 6.68. The molecule has 1 saturated carbocycles. The van der Waals surface area contributed by atoms with E-state index in [1.165, 1.54) is 12.8 Å². The summed E-state index contributed by atoms with van der Waals surface area (Å²) in [5, 5.41) is 3.25. The summed E-state index contributed by atoms with van der Waals surface area (Å²) in [7, 11) is 0. The van der Waals surface area contributed by atoms with Crippen molar-refractivity contribution in [2.24, 2.45) is 0 Å². The summed E-state index contributed by atoms with van der Waals surface area (Å²) in [6.07, 6.45) is 3.16. The largest absolute Gasteiger partial charge is 0.305 e. The Labute approximate surface area is 62.0 Å². The van der Waals surface area contributed by atoms with E-state index < -0.39 is 0 Å². The van der Waals surface area contributed by atoms with Gasteiger partial charge in [-0.05, 0) is 19.8 Å². The van der Waals surface area contributed by atoms with Crippen LogP contribution in [0, 0.1) is 0 Å². The molecule has 0 spiro atoms. The van der Waals surface area contributed by atoms with E-state index in [2.05, 4.69) is 5.32 Å². The zero-order valence-electron chi connectivity index (χ0n) is 6.68. The second-order valence-electron chi connectivity index (χ2n) is 2.98. The van der Waals surface area contributed by atoms with Crippen LogP contribution in [-0.4, -0.2) is 17.9 Å². The van der Waals surface area contributed by atoms with E-state index in [0.29, 0.717) is 18.2 Å². The molecule has 58 valence electrons. The fourth-order valence-electron chi connectivity index (χ4n) is 1.00. The molecule has 0 bridgehead atoms. The molecule has 1 fully saturated rings. The smallest absolute Gasteiger partial charge is 0.149 e. The highest BCUT2D eigenvalue weighted by Gasteiger charge is 2.24. The SMILES string of the molecule is CCC(=O)C(C)NC1CC1. The lowest BCUT2D eigenvalue weighted by molar-refractivity contribution is -0.120. The number of hydrogen-bond acceptors (Lipinski definition) is 2. The number of hydrogen-bond donors (Lipinski definition) is 1. The van der Waals surface area contributed by atoms with Crippen LogP contribution >= 0.6 is 0 Å². The Hall–Kier alpha value is -0.370. The van der Waals surface area contributed by atoms with E-state index in [1.54, 1.807) is 0 Å². The molecular weight excluding hydrogens is 126 g/mol. The average molecular weight is 141 g/mol. The summed E-state index contributed by atoms with van der Waals surface area (Å²) >= 11 is 0. The second kappa shape index (κ2) is 3.15. The lowest BCUT2D eigenvalue weighted by Gasteiger charge is -2.09. The number of rotatable bonds is 4. The molecule has 0 aromatic heterocycles. The van der Waals surface area contributed by atoms with E-state index in [-0.39, 0.29) is 6.04 Å². The summed E-state index contributed by atoms with van der Waals surface area (Å²) in [5.74, 6) is 0.326. The third kappa shape index (κ3) is 2.10. The molecule has 1 aliphatic carbocycles. The van der Waals surface area contributed by atoms with Gasteiger partial charge in [0.05, 0.1) is 6.04 Å². The zero-order chi connectivity index (χ0) is 7.56. The number of carbonyl (C=O) groups excluding carboxylic acids is 1. The maximum absolute atomic E-state index is 11.0. The van der Waals surface area contributed by atoms with Crippen LogP contribution in [0.4, 0.5) is 0 Å². The van der Waals surface area contributed by atoms with E-state index in [1.807, 2.05) is 13.8 Å².